The van der Waals surface area contributed by atoms with Crippen LogP contribution < -0.4 is 10.6 Å². The molecule has 1 atom stereocenters. The lowest BCUT2D eigenvalue weighted by Crippen LogP contribution is -2.38. The molecule has 3 N–H and O–H groups in total. The van der Waals surface area contributed by atoms with E-state index in [2.05, 4.69) is 15.2 Å². The molecule has 1 amide bonds. The Morgan fingerprint density at radius 2 is 2.32 bits per heavy atom. The average Bonchev–Trinajstić information content (AvgIpc) is 2.95. The molecule has 106 valence electrons. The van der Waals surface area contributed by atoms with Crippen molar-refractivity contribution in [2.75, 3.05) is 19.7 Å². The highest BCUT2D eigenvalue weighted by molar-refractivity contribution is 5.93. The van der Waals surface area contributed by atoms with Crippen molar-refractivity contribution in [1.29, 1.82) is 0 Å². The van der Waals surface area contributed by atoms with Crippen molar-refractivity contribution in [2.45, 2.75) is 38.3 Å². The van der Waals surface area contributed by atoms with Crippen molar-refractivity contribution in [2.24, 2.45) is 0 Å². The van der Waals surface area contributed by atoms with Crippen LogP contribution in [-0.4, -0.2) is 41.3 Å². The van der Waals surface area contributed by atoms with Crippen LogP contribution in [0.2, 0.25) is 0 Å². The summed E-state index contributed by atoms with van der Waals surface area (Å²) in [5.74, 6) is -0.0931. The Hall–Kier alpha value is -1.33. The van der Waals surface area contributed by atoms with Gasteiger partial charge in [-0.15, -0.1) is 0 Å². The molecule has 0 radical (unpaired) electrons. The Bertz CT molecular complexity index is 407. The van der Waals surface area contributed by atoms with E-state index in [-0.39, 0.29) is 18.6 Å². The van der Waals surface area contributed by atoms with Crippen LogP contribution in [0.15, 0.2) is 18.3 Å². The van der Waals surface area contributed by atoms with Crippen molar-refractivity contribution < 1.29 is 9.90 Å². The van der Waals surface area contributed by atoms with Crippen LogP contribution in [0.25, 0.3) is 0 Å². The van der Waals surface area contributed by atoms with Crippen LogP contribution in [0.4, 0.5) is 0 Å². The van der Waals surface area contributed by atoms with E-state index >= 15 is 0 Å². The minimum atomic E-state index is -0.163. The van der Waals surface area contributed by atoms with Crippen molar-refractivity contribution in [1.82, 2.24) is 15.2 Å². The van der Waals surface area contributed by atoms with Gasteiger partial charge in [0.15, 0.2) is 0 Å². The Morgan fingerprint density at radius 1 is 1.58 bits per heavy atom. The van der Waals surface area contributed by atoms with Gasteiger partial charge in [-0.25, -0.2) is 0 Å². The number of amides is 1. The highest BCUT2D eigenvalue weighted by Gasteiger charge is 2.20. The van der Waals surface area contributed by atoms with Gasteiger partial charge in [0.05, 0.1) is 12.6 Å². The quantitative estimate of drug-likeness (QED) is 0.741. The Balaban J connectivity index is 2.07. The Labute approximate surface area is 114 Å². The predicted molar refractivity (Wildman–Crippen MR) is 74.2 cm³/mol. The highest BCUT2D eigenvalue weighted by Crippen LogP contribution is 2.21. The van der Waals surface area contributed by atoms with Gasteiger partial charge in [-0.1, -0.05) is 6.92 Å². The minimum Gasteiger partial charge on any atom is -0.394 e. The first kappa shape index (κ1) is 14.1. The van der Waals surface area contributed by atoms with Crippen molar-refractivity contribution in [3.63, 3.8) is 0 Å². The lowest BCUT2D eigenvalue weighted by atomic mass is 10.1. The molecule has 1 aromatic rings. The molecule has 1 aromatic heterocycles. The smallest absolute Gasteiger partial charge is 0.268 e. The maximum absolute atomic E-state index is 12.2. The molecule has 1 saturated heterocycles. The first-order valence-corrected chi connectivity index (χ1v) is 7.05. The summed E-state index contributed by atoms with van der Waals surface area (Å²) in [5.41, 5.74) is 0.693. The summed E-state index contributed by atoms with van der Waals surface area (Å²) in [7, 11) is 0. The van der Waals surface area contributed by atoms with Crippen LogP contribution in [0.1, 0.15) is 42.7 Å². The fourth-order valence-electron chi connectivity index (χ4n) is 2.53. The number of carbonyl (C=O) groups is 1. The maximum Gasteiger partial charge on any atom is 0.268 e. The second-order valence-electron chi connectivity index (χ2n) is 5.04. The third-order valence-electron chi connectivity index (χ3n) is 3.76. The van der Waals surface area contributed by atoms with Crippen LogP contribution in [0, 0.1) is 0 Å². The number of carbonyl (C=O) groups excluding carboxylic acids is 1. The van der Waals surface area contributed by atoms with Crippen molar-refractivity contribution >= 4 is 5.91 Å². The van der Waals surface area contributed by atoms with Gasteiger partial charge in [0.2, 0.25) is 0 Å². The summed E-state index contributed by atoms with van der Waals surface area (Å²) in [6.45, 7) is 3.93. The van der Waals surface area contributed by atoms with E-state index < -0.39 is 0 Å². The van der Waals surface area contributed by atoms with Crippen LogP contribution >= 0.6 is 0 Å². The molecule has 0 unspecified atom stereocenters. The Kier molecular flexibility index (Phi) is 4.99. The zero-order valence-electron chi connectivity index (χ0n) is 11.4. The normalized spacial score (nSPS) is 18.2. The van der Waals surface area contributed by atoms with Crippen LogP contribution in [0.5, 0.6) is 0 Å². The second-order valence-corrected chi connectivity index (χ2v) is 5.04. The van der Waals surface area contributed by atoms with Gasteiger partial charge in [0.1, 0.15) is 5.69 Å². The number of piperidine rings is 1. The van der Waals surface area contributed by atoms with E-state index in [9.17, 15) is 4.79 Å². The number of hydrogen-bond donors (Lipinski definition) is 3. The molecule has 5 heteroatoms. The molecule has 0 saturated carbocycles. The third kappa shape index (κ3) is 3.36. The molecular formula is C14H23N3O2. The van der Waals surface area contributed by atoms with Gasteiger partial charge in [0.25, 0.3) is 5.91 Å². The standard InChI is InChI=1S/C14H23N3O2/c1-2-11(10-18)16-14(19)13-4-3-9-17(13)12-5-7-15-8-6-12/h3-4,9,11-12,15,18H,2,5-8,10H2,1H3,(H,16,19)/t11-/m1/s1. The van der Waals surface area contributed by atoms with Gasteiger partial charge >= 0.3 is 0 Å². The predicted octanol–water partition coefficient (Wildman–Crippen LogP) is 0.913. The lowest BCUT2D eigenvalue weighted by Gasteiger charge is -2.26. The number of aromatic nitrogens is 1. The molecule has 5 nitrogen and oxygen atoms in total. The molecule has 19 heavy (non-hydrogen) atoms. The van der Waals surface area contributed by atoms with Crippen molar-refractivity contribution in [3.05, 3.63) is 24.0 Å². The number of nitrogens with one attached hydrogen (secondary N) is 2. The van der Waals surface area contributed by atoms with Crippen molar-refractivity contribution in [3.8, 4) is 0 Å². The molecule has 1 aliphatic rings. The molecule has 0 aliphatic carbocycles. The van der Waals surface area contributed by atoms with E-state index in [0.29, 0.717) is 11.7 Å². The minimum absolute atomic E-state index is 0.0176. The Morgan fingerprint density at radius 3 is 2.95 bits per heavy atom. The molecule has 1 fully saturated rings. The molecule has 2 heterocycles. The first-order chi connectivity index (χ1) is 9.26. The number of hydrogen-bond acceptors (Lipinski definition) is 3. The molecule has 0 aromatic carbocycles. The zero-order valence-corrected chi connectivity index (χ0v) is 11.4. The summed E-state index contributed by atoms with van der Waals surface area (Å²) in [4.78, 5) is 12.2. The molecule has 0 spiro atoms. The molecule has 0 bridgehead atoms. The van der Waals surface area contributed by atoms with Gasteiger partial charge in [-0.3, -0.25) is 4.79 Å². The summed E-state index contributed by atoms with van der Waals surface area (Å²) in [6, 6.07) is 3.99. The van der Waals surface area contributed by atoms with Gasteiger partial charge in [0, 0.05) is 12.2 Å². The summed E-state index contributed by atoms with van der Waals surface area (Å²) in [6.07, 6.45) is 4.80. The first-order valence-electron chi connectivity index (χ1n) is 7.05. The molecular weight excluding hydrogens is 242 g/mol. The lowest BCUT2D eigenvalue weighted by molar-refractivity contribution is 0.0902. The van der Waals surface area contributed by atoms with E-state index in [1.807, 2.05) is 25.3 Å². The van der Waals surface area contributed by atoms with E-state index in [1.165, 1.54) is 0 Å². The van der Waals surface area contributed by atoms with Gasteiger partial charge < -0.3 is 20.3 Å². The maximum atomic E-state index is 12.2. The van der Waals surface area contributed by atoms with E-state index in [1.54, 1.807) is 0 Å². The van der Waals surface area contributed by atoms with Crippen LogP contribution in [-0.2, 0) is 0 Å². The average molecular weight is 265 g/mol. The monoisotopic (exact) mass is 265 g/mol. The second kappa shape index (κ2) is 6.73. The number of nitrogens with zero attached hydrogens (tertiary/aromatic N) is 1. The van der Waals surface area contributed by atoms with E-state index in [4.69, 9.17) is 5.11 Å². The summed E-state index contributed by atoms with van der Waals surface area (Å²) >= 11 is 0. The highest BCUT2D eigenvalue weighted by atomic mass is 16.3. The van der Waals surface area contributed by atoms with E-state index in [0.717, 1.165) is 32.4 Å². The summed E-state index contributed by atoms with van der Waals surface area (Å²) in [5, 5.41) is 15.4. The topological polar surface area (TPSA) is 66.3 Å². The molecule has 2 rings (SSSR count). The largest absolute Gasteiger partial charge is 0.394 e. The fraction of sp³-hybridized carbons (Fsp3) is 0.643. The van der Waals surface area contributed by atoms with Gasteiger partial charge in [-0.05, 0) is 44.5 Å². The number of aliphatic hydroxyl groups excluding tert-OH is 1. The van der Waals surface area contributed by atoms with Gasteiger partial charge in [-0.2, -0.15) is 0 Å². The fourth-order valence-corrected chi connectivity index (χ4v) is 2.53. The number of rotatable bonds is 5. The third-order valence-corrected chi connectivity index (χ3v) is 3.76. The SMILES string of the molecule is CC[C@H](CO)NC(=O)c1cccn1C1CCNCC1. The number of aliphatic hydroxyl groups is 1. The molecule has 1 aliphatic heterocycles. The van der Waals surface area contributed by atoms with Crippen LogP contribution in [0.3, 0.4) is 0 Å². The summed E-state index contributed by atoms with van der Waals surface area (Å²) < 4.78 is 2.07. The zero-order chi connectivity index (χ0) is 13.7.